The van der Waals surface area contributed by atoms with Crippen molar-refractivity contribution in [2.24, 2.45) is 0 Å². The Morgan fingerprint density at radius 3 is 2.47 bits per heavy atom. The van der Waals surface area contributed by atoms with Gasteiger partial charge in [0.1, 0.15) is 0 Å². The van der Waals surface area contributed by atoms with Gasteiger partial charge >= 0.3 is 0 Å². The first-order chi connectivity index (χ1) is 9.38. The SMILES string of the molecule is COc1cccc(N2CCCC2)c1OC1CCCC1. The predicted molar refractivity (Wildman–Crippen MR) is 77.3 cm³/mol. The molecular weight excluding hydrogens is 238 g/mol. The molecule has 1 aliphatic carbocycles. The second-order valence-electron chi connectivity index (χ2n) is 5.53. The van der Waals surface area contributed by atoms with Gasteiger partial charge in [0.25, 0.3) is 0 Å². The molecule has 0 N–H and O–H groups in total. The number of para-hydroxylation sites is 1. The van der Waals surface area contributed by atoms with E-state index in [1.54, 1.807) is 7.11 Å². The first-order valence-corrected chi connectivity index (χ1v) is 7.47. The van der Waals surface area contributed by atoms with Crippen LogP contribution in [-0.2, 0) is 0 Å². The van der Waals surface area contributed by atoms with Crippen LogP contribution in [-0.4, -0.2) is 26.3 Å². The summed E-state index contributed by atoms with van der Waals surface area (Å²) in [6, 6.07) is 6.23. The second kappa shape index (κ2) is 5.72. The van der Waals surface area contributed by atoms with Crippen molar-refractivity contribution in [3.05, 3.63) is 18.2 Å². The molecule has 0 amide bonds. The molecule has 2 fully saturated rings. The van der Waals surface area contributed by atoms with Crippen LogP contribution in [0.2, 0.25) is 0 Å². The predicted octanol–water partition coefficient (Wildman–Crippen LogP) is 3.62. The fourth-order valence-electron chi connectivity index (χ4n) is 3.16. The quantitative estimate of drug-likeness (QED) is 0.826. The third-order valence-corrected chi connectivity index (χ3v) is 4.21. The van der Waals surface area contributed by atoms with Crippen molar-refractivity contribution in [1.29, 1.82) is 0 Å². The molecule has 0 radical (unpaired) electrons. The Bertz CT molecular complexity index is 421. The molecule has 1 aliphatic heterocycles. The van der Waals surface area contributed by atoms with Gasteiger partial charge in [0.15, 0.2) is 11.5 Å². The van der Waals surface area contributed by atoms with E-state index in [0.29, 0.717) is 6.10 Å². The lowest BCUT2D eigenvalue weighted by atomic mass is 10.2. The van der Waals surface area contributed by atoms with Crippen LogP contribution in [0.15, 0.2) is 18.2 Å². The summed E-state index contributed by atoms with van der Waals surface area (Å²) in [4.78, 5) is 2.42. The second-order valence-corrected chi connectivity index (χ2v) is 5.53. The van der Waals surface area contributed by atoms with E-state index in [4.69, 9.17) is 9.47 Å². The largest absolute Gasteiger partial charge is 0.493 e. The maximum absolute atomic E-state index is 6.27. The van der Waals surface area contributed by atoms with Gasteiger partial charge in [-0.05, 0) is 50.7 Å². The number of rotatable bonds is 4. The number of ether oxygens (including phenoxy) is 2. The maximum atomic E-state index is 6.27. The van der Waals surface area contributed by atoms with Crippen LogP contribution in [0.5, 0.6) is 11.5 Å². The Labute approximate surface area is 115 Å². The van der Waals surface area contributed by atoms with Crippen LogP contribution in [0.1, 0.15) is 38.5 Å². The third kappa shape index (κ3) is 2.65. The monoisotopic (exact) mass is 261 g/mol. The van der Waals surface area contributed by atoms with Gasteiger partial charge in [-0.2, -0.15) is 0 Å². The number of hydrogen-bond acceptors (Lipinski definition) is 3. The number of benzene rings is 1. The molecule has 3 heteroatoms. The molecule has 1 aromatic rings. The molecule has 0 aromatic heterocycles. The van der Waals surface area contributed by atoms with Gasteiger partial charge in [-0.15, -0.1) is 0 Å². The summed E-state index contributed by atoms with van der Waals surface area (Å²) in [5, 5.41) is 0. The normalized spacial score (nSPS) is 19.9. The Morgan fingerprint density at radius 1 is 1.05 bits per heavy atom. The summed E-state index contributed by atoms with van der Waals surface area (Å²) in [7, 11) is 1.73. The fraction of sp³-hybridized carbons (Fsp3) is 0.625. The zero-order valence-corrected chi connectivity index (χ0v) is 11.7. The minimum absolute atomic E-state index is 0.373. The van der Waals surface area contributed by atoms with Crippen LogP contribution in [0.25, 0.3) is 0 Å². The highest BCUT2D eigenvalue weighted by Crippen LogP contribution is 2.41. The molecule has 2 aliphatic rings. The minimum atomic E-state index is 0.373. The summed E-state index contributed by atoms with van der Waals surface area (Å²) < 4.78 is 11.8. The Hall–Kier alpha value is -1.38. The van der Waals surface area contributed by atoms with Crippen LogP contribution >= 0.6 is 0 Å². The van der Waals surface area contributed by atoms with Crippen molar-refractivity contribution in [3.8, 4) is 11.5 Å². The molecule has 104 valence electrons. The first kappa shape index (κ1) is 12.6. The molecule has 0 spiro atoms. The maximum Gasteiger partial charge on any atom is 0.184 e. The fourth-order valence-corrected chi connectivity index (χ4v) is 3.16. The number of methoxy groups -OCH3 is 1. The molecule has 1 heterocycles. The molecule has 1 aromatic carbocycles. The molecule has 3 rings (SSSR count). The van der Waals surface area contributed by atoms with Gasteiger partial charge in [0.05, 0.1) is 18.9 Å². The standard InChI is InChI=1S/C16H23NO2/c1-18-15-10-6-9-14(17-11-4-5-12-17)16(15)19-13-7-2-3-8-13/h6,9-10,13H,2-5,7-8,11-12H2,1H3. The summed E-state index contributed by atoms with van der Waals surface area (Å²) >= 11 is 0. The van der Waals surface area contributed by atoms with Gasteiger partial charge in [0.2, 0.25) is 0 Å². The summed E-state index contributed by atoms with van der Waals surface area (Å²) in [6.45, 7) is 2.27. The van der Waals surface area contributed by atoms with E-state index >= 15 is 0 Å². The van der Waals surface area contributed by atoms with Crippen molar-refractivity contribution < 1.29 is 9.47 Å². The van der Waals surface area contributed by atoms with E-state index in [2.05, 4.69) is 17.0 Å². The highest BCUT2D eigenvalue weighted by molar-refractivity contribution is 5.65. The van der Waals surface area contributed by atoms with Gasteiger partial charge in [-0.1, -0.05) is 6.07 Å². The third-order valence-electron chi connectivity index (χ3n) is 4.21. The average molecular weight is 261 g/mol. The molecule has 19 heavy (non-hydrogen) atoms. The highest BCUT2D eigenvalue weighted by atomic mass is 16.5. The van der Waals surface area contributed by atoms with E-state index in [9.17, 15) is 0 Å². The molecule has 3 nitrogen and oxygen atoms in total. The van der Waals surface area contributed by atoms with Gasteiger partial charge in [-0.3, -0.25) is 0 Å². The Morgan fingerprint density at radius 2 is 1.79 bits per heavy atom. The number of anilines is 1. The summed E-state index contributed by atoms with van der Waals surface area (Å²) in [6.07, 6.45) is 7.87. The lowest BCUT2D eigenvalue weighted by molar-refractivity contribution is 0.201. The lowest BCUT2D eigenvalue weighted by Gasteiger charge is -2.24. The van der Waals surface area contributed by atoms with E-state index in [1.165, 1.54) is 44.2 Å². The zero-order chi connectivity index (χ0) is 13.1. The van der Waals surface area contributed by atoms with Crippen molar-refractivity contribution in [2.75, 3.05) is 25.1 Å². The molecule has 1 saturated carbocycles. The van der Waals surface area contributed by atoms with Crippen molar-refractivity contribution >= 4 is 5.69 Å². The van der Waals surface area contributed by atoms with Crippen molar-refractivity contribution in [3.63, 3.8) is 0 Å². The summed E-state index contributed by atoms with van der Waals surface area (Å²) in [5.74, 6) is 1.83. The van der Waals surface area contributed by atoms with Gasteiger partial charge in [-0.25, -0.2) is 0 Å². The summed E-state index contributed by atoms with van der Waals surface area (Å²) in [5.41, 5.74) is 1.21. The van der Waals surface area contributed by atoms with E-state index in [-0.39, 0.29) is 0 Å². The van der Waals surface area contributed by atoms with Crippen molar-refractivity contribution in [1.82, 2.24) is 0 Å². The van der Waals surface area contributed by atoms with Gasteiger partial charge < -0.3 is 14.4 Å². The van der Waals surface area contributed by atoms with E-state index in [1.807, 2.05) is 6.07 Å². The lowest BCUT2D eigenvalue weighted by Crippen LogP contribution is -2.20. The van der Waals surface area contributed by atoms with Crippen LogP contribution in [0.3, 0.4) is 0 Å². The molecule has 1 saturated heterocycles. The highest BCUT2D eigenvalue weighted by Gasteiger charge is 2.23. The Balaban J connectivity index is 1.88. The molecule has 0 bridgehead atoms. The zero-order valence-electron chi connectivity index (χ0n) is 11.7. The molecular formula is C16H23NO2. The van der Waals surface area contributed by atoms with E-state index < -0.39 is 0 Å². The smallest absolute Gasteiger partial charge is 0.184 e. The Kier molecular flexibility index (Phi) is 3.81. The van der Waals surface area contributed by atoms with Crippen molar-refractivity contribution in [2.45, 2.75) is 44.6 Å². The minimum Gasteiger partial charge on any atom is -0.493 e. The van der Waals surface area contributed by atoms with Crippen LogP contribution < -0.4 is 14.4 Å². The first-order valence-electron chi connectivity index (χ1n) is 7.47. The number of nitrogens with zero attached hydrogens (tertiary/aromatic N) is 1. The average Bonchev–Trinajstić information content (AvgIpc) is 3.11. The number of hydrogen-bond donors (Lipinski definition) is 0. The van der Waals surface area contributed by atoms with Gasteiger partial charge in [0, 0.05) is 13.1 Å². The molecule has 0 atom stereocenters. The molecule has 0 unspecified atom stereocenters. The van der Waals surface area contributed by atoms with Crippen LogP contribution in [0.4, 0.5) is 5.69 Å². The topological polar surface area (TPSA) is 21.7 Å². The van der Waals surface area contributed by atoms with Crippen LogP contribution in [0, 0.1) is 0 Å². The van der Waals surface area contributed by atoms with E-state index in [0.717, 1.165) is 24.6 Å².